The monoisotopic (exact) mass is 547 g/mol. The summed E-state index contributed by atoms with van der Waals surface area (Å²) in [6.45, 7) is 0.207. The number of hydrogen-bond donors (Lipinski definition) is 1. The maximum atomic E-state index is 14.1. The third-order valence-corrected chi connectivity index (χ3v) is 8.04. The van der Waals surface area contributed by atoms with Crippen LogP contribution < -0.4 is 14.8 Å². The Labute approximate surface area is 231 Å². The predicted molar refractivity (Wildman–Crippen MR) is 150 cm³/mol. The molecule has 2 amide bonds. The highest BCUT2D eigenvalue weighted by Gasteiger charge is 2.35. The normalized spacial score (nSPS) is 14.6. The van der Waals surface area contributed by atoms with Gasteiger partial charge in [0.25, 0.3) is 0 Å². The highest BCUT2D eigenvalue weighted by molar-refractivity contribution is 7.09. The van der Waals surface area contributed by atoms with Crippen LogP contribution in [0, 0.1) is 0 Å². The summed E-state index contributed by atoms with van der Waals surface area (Å²) in [7, 11) is 3.14. The number of fused-ring (bicyclic) bond motifs is 1. The van der Waals surface area contributed by atoms with E-state index in [-0.39, 0.29) is 30.9 Å². The fraction of sp³-hybridized carbons (Fsp3) is 0.379. The van der Waals surface area contributed by atoms with Gasteiger partial charge in [-0.15, -0.1) is 16.4 Å². The number of nitrogens with zero attached hydrogens (tertiary/aromatic N) is 4. The molecular formula is C29H33N5O4S. The van der Waals surface area contributed by atoms with Gasteiger partial charge in [-0.1, -0.05) is 42.7 Å². The van der Waals surface area contributed by atoms with Gasteiger partial charge in [-0.25, -0.2) is 4.68 Å². The maximum absolute atomic E-state index is 14.1. The summed E-state index contributed by atoms with van der Waals surface area (Å²) in [5, 5.41) is 13.6. The van der Waals surface area contributed by atoms with Gasteiger partial charge < -0.3 is 19.7 Å². The van der Waals surface area contributed by atoms with Crippen molar-refractivity contribution in [3.05, 3.63) is 70.4 Å². The van der Waals surface area contributed by atoms with Crippen LogP contribution in [0.3, 0.4) is 0 Å². The Kier molecular flexibility index (Phi) is 8.41. The third-order valence-electron chi connectivity index (χ3n) is 7.18. The number of para-hydroxylation sites is 1. The summed E-state index contributed by atoms with van der Waals surface area (Å²) in [6, 6.07) is 15.9. The standard InChI is InChI=1S/C29H33N5O4S/c1-37-21-14-15-23(26(17-21)38-2)28(29(36)30-20-9-4-3-5-10-20)33(18-22-11-8-16-39-22)27(35)19-34-25-13-7-6-12-24(25)31-32-34/h6-8,11-17,20,28H,3-5,9-10,18-19H2,1-2H3,(H,30,36). The second-order valence-corrected chi connectivity index (χ2v) is 10.7. The number of thiophene rings is 1. The SMILES string of the molecule is COc1ccc(C(C(=O)NC2CCCCC2)N(Cc2cccs2)C(=O)Cn2nnc3ccccc32)c(OC)c1. The van der Waals surface area contributed by atoms with Crippen molar-refractivity contribution in [1.82, 2.24) is 25.2 Å². The van der Waals surface area contributed by atoms with E-state index in [2.05, 4.69) is 15.6 Å². The van der Waals surface area contributed by atoms with E-state index in [1.165, 1.54) is 6.42 Å². The van der Waals surface area contributed by atoms with Crippen LogP contribution in [0.5, 0.6) is 11.5 Å². The molecule has 4 aromatic rings. The van der Waals surface area contributed by atoms with Crippen molar-refractivity contribution >= 4 is 34.2 Å². The van der Waals surface area contributed by atoms with Crippen LogP contribution in [0.4, 0.5) is 0 Å². The second-order valence-electron chi connectivity index (χ2n) is 9.69. The lowest BCUT2D eigenvalue weighted by molar-refractivity contribution is -0.142. The number of amides is 2. The average Bonchev–Trinajstić information content (AvgIpc) is 3.63. The van der Waals surface area contributed by atoms with Crippen molar-refractivity contribution < 1.29 is 19.1 Å². The van der Waals surface area contributed by atoms with E-state index in [1.807, 2.05) is 47.8 Å². The molecule has 5 rings (SSSR count). The van der Waals surface area contributed by atoms with Gasteiger partial charge in [-0.2, -0.15) is 0 Å². The van der Waals surface area contributed by atoms with Gasteiger partial charge >= 0.3 is 0 Å². The molecule has 0 bridgehead atoms. The molecule has 0 saturated heterocycles. The van der Waals surface area contributed by atoms with Crippen LogP contribution >= 0.6 is 11.3 Å². The number of methoxy groups -OCH3 is 2. The number of hydrogen-bond acceptors (Lipinski definition) is 7. The zero-order chi connectivity index (χ0) is 27.2. The van der Waals surface area contributed by atoms with Crippen molar-refractivity contribution in [2.75, 3.05) is 14.2 Å². The van der Waals surface area contributed by atoms with Gasteiger partial charge in [-0.3, -0.25) is 9.59 Å². The lowest BCUT2D eigenvalue weighted by atomic mass is 9.94. The Morgan fingerprint density at radius 2 is 1.90 bits per heavy atom. The van der Waals surface area contributed by atoms with Crippen LogP contribution in [-0.4, -0.2) is 52.0 Å². The Balaban J connectivity index is 1.55. The van der Waals surface area contributed by atoms with Crippen LogP contribution in [0.1, 0.15) is 48.6 Å². The Hall–Kier alpha value is -3.92. The van der Waals surface area contributed by atoms with Gasteiger partial charge in [0.1, 0.15) is 29.6 Å². The first-order valence-electron chi connectivity index (χ1n) is 13.2. The number of nitrogens with one attached hydrogen (secondary N) is 1. The third kappa shape index (κ3) is 6.06. The highest BCUT2D eigenvalue weighted by atomic mass is 32.1. The quantitative estimate of drug-likeness (QED) is 0.308. The van der Waals surface area contributed by atoms with E-state index >= 15 is 0 Å². The van der Waals surface area contributed by atoms with Crippen molar-refractivity contribution in [2.45, 2.75) is 57.3 Å². The number of benzene rings is 2. The molecule has 1 atom stereocenters. The van der Waals surface area contributed by atoms with Crippen molar-refractivity contribution in [3.63, 3.8) is 0 Å². The van der Waals surface area contributed by atoms with E-state index in [0.29, 0.717) is 22.6 Å². The summed E-state index contributed by atoms with van der Waals surface area (Å²) in [6.07, 6.45) is 5.21. The molecule has 9 nitrogen and oxygen atoms in total. The molecule has 0 aliphatic heterocycles. The zero-order valence-electron chi connectivity index (χ0n) is 22.2. The van der Waals surface area contributed by atoms with E-state index in [1.54, 1.807) is 47.3 Å². The van der Waals surface area contributed by atoms with Crippen molar-refractivity contribution in [2.24, 2.45) is 0 Å². The molecule has 1 fully saturated rings. The van der Waals surface area contributed by atoms with E-state index in [4.69, 9.17) is 9.47 Å². The Bertz CT molecular complexity index is 1410. The summed E-state index contributed by atoms with van der Waals surface area (Å²) in [5.74, 6) is 0.611. The molecule has 204 valence electrons. The Morgan fingerprint density at radius 3 is 2.64 bits per heavy atom. The first kappa shape index (κ1) is 26.7. The largest absolute Gasteiger partial charge is 0.497 e. The minimum atomic E-state index is -0.919. The van der Waals surface area contributed by atoms with Gasteiger partial charge in [0.15, 0.2) is 0 Å². The van der Waals surface area contributed by atoms with Crippen molar-refractivity contribution in [3.8, 4) is 11.5 Å². The smallest absolute Gasteiger partial charge is 0.247 e. The molecular weight excluding hydrogens is 514 g/mol. The molecule has 2 aromatic heterocycles. The van der Waals surface area contributed by atoms with E-state index in [9.17, 15) is 9.59 Å². The summed E-state index contributed by atoms with van der Waals surface area (Å²) in [5.41, 5.74) is 2.06. The van der Waals surface area contributed by atoms with Gasteiger partial charge in [0, 0.05) is 22.5 Å². The summed E-state index contributed by atoms with van der Waals surface area (Å²) < 4.78 is 12.7. The highest BCUT2D eigenvalue weighted by Crippen LogP contribution is 2.35. The molecule has 1 saturated carbocycles. The van der Waals surface area contributed by atoms with Crippen LogP contribution in [-0.2, 0) is 22.7 Å². The summed E-state index contributed by atoms with van der Waals surface area (Å²) >= 11 is 1.54. The van der Waals surface area contributed by atoms with Gasteiger partial charge in [0.2, 0.25) is 11.8 Å². The fourth-order valence-electron chi connectivity index (χ4n) is 5.17. The molecule has 1 aliphatic carbocycles. The van der Waals surface area contributed by atoms with Crippen LogP contribution in [0.25, 0.3) is 11.0 Å². The predicted octanol–water partition coefficient (Wildman–Crippen LogP) is 4.73. The maximum Gasteiger partial charge on any atom is 0.247 e. The van der Waals surface area contributed by atoms with Crippen LogP contribution in [0.2, 0.25) is 0 Å². The first-order valence-corrected chi connectivity index (χ1v) is 14.1. The topological polar surface area (TPSA) is 98.6 Å². The van der Waals surface area contributed by atoms with Crippen LogP contribution in [0.15, 0.2) is 60.0 Å². The van der Waals surface area contributed by atoms with Crippen molar-refractivity contribution in [1.29, 1.82) is 0 Å². The number of ether oxygens (including phenoxy) is 2. The molecule has 2 heterocycles. The lowest BCUT2D eigenvalue weighted by Gasteiger charge is -2.34. The number of carbonyl (C=O) groups excluding carboxylic acids is 2. The van der Waals surface area contributed by atoms with Gasteiger partial charge in [-0.05, 0) is 48.6 Å². The molecule has 1 aliphatic rings. The summed E-state index contributed by atoms with van der Waals surface area (Å²) in [4.78, 5) is 30.8. The number of aromatic nitrogens is 3. The lowest BCUT2D eigenvalue weighted by Crippen LogP contribution is -2.47. The molecule has 1 N–H and O–H groups in total. The number of carbonyl (C=O) groups is 2. The fourth-order valence-corrected chi connectivity index (χ4v) is 5.87. The van der Waals surface area contributed by atoms with Gasteiger partial charge in [0.05, 0.1) is 26.3 Å². The molecule has 0 spiro atoms. The Morgan fingerprint density at radius 1 is 1.08 bits per heavy atom. The average molecular weight is 548 g/mol. The first-order chi connectivity index (χ1) is 19.1. The zero-order valence-corrected chi connectivity index (χ0v) is 23.0. The molecule has 10 heteroatoms. The molecule has 1 unspecified atom stereocenters. The number of rotatable bonds is 10. The minimum Gasteiger partial charge on any atom is -0.497 e. The molecule has 2 aromatic carbocycles. The van der Waals surface area contributed by atoms with E-state index < -0.39 is 6.04 Å². The van der Waals surface area contributed by atoms with E-state index in [0.717, 1.165) is 36.1 Å². The molecule has 39 heavy (non-hydrogen) atoms. The molecule has 0 radical (unpaired) electrons. The minimum absolute atomic E-state index is 0.0580. The second kappa shape index (κ2) is 12.3.